The number of hydrogen-bond donors (Lipinski definition) is 2. The lowest BCUT2D eigenvalue weighted by Gasteiger charge is -2.34. The zero-order valence-electron chi connectivity index (χ0n) is 19.0. The van der Waals surface area contributed by atoms with Gasteiger partial charge in [-0.3, -0.25) is 9.59 Å². The van der Waals surface area contributed by atoms with Gasteiger partial charge in [0.15, 0.2) is 0 Å². The molecule has 7 nitrogen and oxygen atoms in total. The number of anilines is 2. The Morgan fingerprint density at radius 2 is 1.33 bits per heavy atom. The summed E-state index contributed by atoms with van der Waals surface area (Å²) >= 11 is 0. The highest BCUT2D eigenvalue weighted by atomic mass is 16.2. The summed E-state index contributed by atoms with van der Waals surface area (Å²) in [7, 11) is 0. The van der Waals surface area contributed by atoms with E-state index in [-0.39, 0.29) is 17.8 Å². The van der Waals surface area contributed by atoms with Crippen LogP contribution in [0.1, 0.15) is 56.6 Å². The predicted octanol–water partition coefficient (Wildman–Crippen LogP) is 4.79. The van der Waals surface area contributed by atoms with Crippen LogP contribution in [-0.2, 0) is 9.59 Å². The van der Waals surface area contributed by atoms with Gasteiger partial charge in [-0.1, -0.05) is 43.2 Å². The van der Waals surface area contributed by atoms with Gasteiger partial charge in [0.25, 0.3) is 5.91 Å². The van der Waals surface area contributed by atoms with E-state index in [1.54, 1.807) is 29.2 Å². The van der Waals surface area contributed by atoms with Crippen LogP contribution in [0, 0.1) is 0 Å². The van der Waals surface area contributed by atoms with Gasteiger partial charge in [-0.2, -0.15) is 0 Å². The fourth-order valence-corrected chi connectivity index (χ4v) is 4.53. The number of rotatable bonds is 5. The second kappa shape index (κ2) is 11.0. The first-order valence-corrected chi connectivity index (χ1v) is 11.9. The van der Waals surface area contributed by atoms with Gasteiger partial charge in [0.05, 0.1) is 0 Å². The van der Waals surface area contributed by atoms with Crippen molar-refractivity contribution in [3.63, 3.8) is 0 Å². The SMILES string of the molecule is O=C(Nc1ccc(NC(=O)N2CCCCCC2)cc1)C(c1ccccc1)N1CCCCC1=O. The fraction of sp³-hybridized carbons (Fsp3) is 0.423. The summed E-state index contributed by atoms with van der Waals surface area (Å²) < 4.78 is 0. The molecule has 0 aliphatic carbocycles. The molecule has 0 bridgehead atoms. The monoisotopic (exact) mass is 448 g/mol. The molecule has 0 radical (unpaired) electrons. The molecule has 2 saturated heterocycles. The predicted molar refractivity (Wildman–Crippen MR) is 129 cm³/mol. The van der Waals surface area contributed by atoms with Gasteiger partial charge in [0, 0.05) is 37.4 Å². The van der Waals surface area contributed by atoms with Gasteiger partial charge < -0.3 is 20.4 Å². The summed E-state index contributed by atoms with van der Waals surface area (Å²) in [6.07, 6.45) is 6.66. The van der Waals surface area contributed by atoms with Gasteiger partial charge in [0.1, 0.15) is 6.04 Å². The van der Waals surface area contributed by atoms with Crippen LogP contribution in [0.4, 0.5) is 16.2 Å². The number of nitrogens with one attached hydrogen (secondary N) is 2. The van der Waals surface area contributed by atoms with Crippen LogP contribution < -0.4 is 10.6 Å². The van der Waals surface area contributed by atoms with Crippen molar-refractivity contribution in [1.29, 1.82) is 0 Å². The topological polar surface area (TPSA) is 81.8 Å². The van der Waals surface area contributed by atoms with E-state index in [4.69, 9.17) is 0 Å². The van der Waals surface area contributed by atoms with Crippen molar-refractivity contribution in [2.24, 2.45) is 0 Å². The van der Waals surface area contributed by atoms with Gasteiger partial charge >= 0.3 is 6.03 Å². The highest BCUT2D eigenvalue weighted by molar-refractivity contribution is 5.98. The van der Waals surface area contributed by atoms with Crippen LogP contribution in [0.25, 0.3) is 0 Å². The maximum atomic E-state index is 13.3. The molecule has 7 heteroatoms. The van der Waals surface area contributed by atoms with Gasteiger partial charge in [0.2, 0.25) is 5.91 Å². The molecule has 2 aliphatic heterocycles. The first-order valence-electron chi connectivity index (χ1n) is 11.9. The van der Waals surface area contributed by atoms with Gasteiger partial charge in [-0.25, -0.2) is 4.79 Å². The summed E-state index contributed by atoms with van der Waals surface area (Å²) in [4.78, 5) is 41.9. The Bertz CT molecular complexity index is 953. The third kappa shape index (κ3) is 5.92. The van der Waals surface area contributed by atoms with Crippen molar-refractivity contribution in [2.75, 3.05) is 30.3 Å². The molecule has 2 aromatic rings. The highest BCUT2D eigenvalue weighted by Gasteiger charge is 2.32. The van der Waals surface area contributed by atoms with Crippen LogP contribution in [0.3, 0.4) is 0 Å². The van der Waals surface area contributed by atoms with E-state index in [0.717, 1.165) is 44.3 Å². The Kier molecular flexibility index (Phi) is 7.60. The first kappa shape index (κ1) is 22.8. The van der Waals surface area contributed by atoms with Crippen LogP contribution in [0.5, 0.6) is 0 Å². The minimum Gasteiger partial charge on any atom is -0.327 e. The number of carbonyl (C=O) groups is 3. The van der Waals surface area contributed by atoms with Crippen molar-refractivity contribution >= 4 is 29.2 Å². The molecule has 33 heavy (non-hydrogen) atoms. The molecule has 2 N–H and O–H groups in total. The molecular formula is C26H32N4O3. The van der Waals surface area contributed by atoms with E-state index >= 15 is 0 Å². The quantitative estimate of drug-likeness (QED) is 0.690. The molecule has 2 heterocycles. The molecule has 2 aliphatic rings. The molecule has 1 atom stereocenters. The van der Waals surface area contributed by atoms with E-state index < -0.39 is 6.04 Å². The summed E-state index contributed by atoms with van der Waals surface area (Å²) in [5.41, 5.74) is 2.11. The van der Waals surface area contributed by atoms with Gasteiger partial charge in [-0.05, 0) is 55.5 Å². The second-order valence-electron chi connectivity index (χ2n) is 8.76. The van der Waals surface area contributed by atoms with E-state index in [1.165, 1.54) is 12.8 Å². The first-order chi connectivity index (χ1) is 16.1. The van der Waals surface area contributed by atoms with Gasteiger partial charge in [-0.15, -0.1) is 0 Å². The number of hydrogen-bond acceptors (Lipinski definition) is 3. The number of piperidine rings is 1. The van der Waals surface area contributed by atoms with Crippen LogP contribution >= 0.6 is 0 Å². The van der Waals surface area contributed by atoms with Crippen molar-refractivity contribution in [3.05, 3.63) is 60.2 Å². The summed E-state index contributed by atoms with van der Waals surface area (Å²) in [5.74, 6) is -0.227. The normalized spacial score (nSPS) is 17.8. The lowest BCUT2D eigenvalue weighted by atomic mass is 10.0. The fourth-order valence-electron chi connectivity index (χ4n) is 4.53. The lowest BCUT2D eigenvalue weighted by Crippen LogP contribution is -2.43. The standard InChI is InChI=1S/C26H32N4O3/c31-23-12-6-9-19-30(23)24(20-10-4-3-5-11-20)25(32)27-21-13-15-22(16-14-21)28-26(33)29-17-7-1-2-8-18-29/h3-5,10-11,13-16,24H,1-2,6-9,12,17-19H2,(H,27,32)(H,28,33). The molecule has 2 fully saturated rings. The summed E-state index contributed by atoms with van der Waals surface area (Å²) in [6, 6.07) is 15.8. The Hall–Kier alpha value is -3.35. The number of carbonyl (C=O) groups excluding carboxylic acids is 3. The van der Waals surface area contributed by atoms with E-state index in [1.807, 2.05) is 35.2 Å². The van der Waals surface area contributed by atoms with Crippen molar-refractivity contribution in [2.45, 2.75) is 51.0 Å². The number of amides is 4. The average molecular weight is 449 g/mol. The van der Waals surface area contributed by atoms with Crippen LogP contribution in [0.15, 0.2) is 54.6 Å². The Morgan fingerprint density at radius 3 is 1.97 bits per heavy atom. The summed E-state index contributed by atoms with van der Waals surface area (Å²) in [6.45, 7) is 2.15. The minimum absolute atomic E-state index is 0.0110. The third-order valence-corrected chi connectivity index (χ3v) is 6.33. The molecule has 0 aromatic heterocycles. The molecule has 0 saturated carbocycles. The zero-order chi connectivity index (χ0) is 23.0. The Morgan fingerprint density at radius 1 is 0.727 bits per heavy atom. The minimum atomic E-state index is -0.665. The van der Waals surface area contributed by atoms with E-state index in [2.05, 4.69) is 10.6 Å². The van der Waals surface area contributed by atoms with Crippen LogP contribution in [0.2, 0.25) is 0 Å². The smallest absolute Gasteiger partial charge is 0.321 e. The lowest BCUT2D eigenvalue weighted by molar-refractivity contribution is -0.141. The second-order valence-corrected chi connectivity index (χ2v) is 8.76. The van der Waals surface area contributed by atoms with Crippen molar-refractivity contribution < 1.29 is 14.4 Å². The molecule has 4 rings (SSSR count). The molecular weight excluding hydrogens is 416 g/mol. The number of benzene rings is 2. The van der Waals surface area contributed by atoms with E-state index in [0.29, 0.717) is 24.3 Å². The average Bonchev–Trinajstić information content (AvgIpc) is 3.12. The Balaban J connectivity index is 1.42. The number of nitrogens with zero attached hydrogens (tertiary/aromatic N) is 2. The zero-order valence-corrected chi connectivity index (χ0v) is 19.0. The van der Waals surface area contributed by atoms with Crippen LogP contribution in [-0.4, -0.2) is 47.3 Å². The molecule has 4 amide bonds. The van der Waals surface area contributed by atoms with Crippen molar-refractivity contribution in [3.8, 4) is 0 Å². The maximum Gasteiger partial charge on any atom is 0.321 e. The largest absolute Gasteiger partial charge is 0.327 e. The number of likely N-dealkylation sites (tertiary alicyclic amines) is 2. The Labute approximate surface area is 195 Å². The molecule has 0 spiro atoms. The summed E-state index contributed by atoms with van der Waals surface area (Å²) in [5, 5.41) is 5.90. The third-order valence-electron chi connectivity index (χ3n) is 6.33. The van der Waals surface area contributed by atoms with E-state index in [9.17, 15) is 14.4 Å². The molecule has 2 aromatic carbocycles. The maximum absolute atomic E-state index is 13.3. The molecule has 174 valence electrons. The highest BCUT2D eigenvalue weighted by Crippen LogP contribution is 2.27. The van der Waals surface area contributed by atoms with Crippen molar-refractivity contribution in [1.82, 2.24) is 9.80 Å². The molecule has 1 unspecified atom stereocenters. The number of urea groups is 1.